The number of esters is 1. The molecule has 6 nitrogen and oxygen atoms in total. The second-order valence-corrected chi connectivity index (χ2v) is 7.73. The molecule has 0 spiro atoms. The van der Waals surface area contributed by atoms with Gasteiger partial charge in [-0.15, -0.1) is 0 Å². The SMILES string of the molecule is CCOC(=O)C(CCN(C)CCS(C)(=O)=O)NC1CC1. The van der Waals surface area contributed by atoms with Crippen LogP contribution in [-0.2, 0) is 19.4 Å². The molecule has 1 atom stereocenters. The predicted octanol–water partition coefficient (Wildman–Crippen LogP) is 0.0366. The molecule has 118 valence electrons. The van der Waals surface area contributed by atoms with Gasteiger partial charge < -0.3 is 15.0 Å². The molecule has 0 aliphatic heterocycles. The van der Waals surface area contributed by atoms with E-state index < -0.39 is 9.84 Å². The molecule has 0 aromatic rings. The Morgan fingerprint density at radius 3 is 2.55 bits per heavy atom. The highest BCUT2D eigenvalue weighted by Gasteiger charge is 2.29. The summed E-state index contributed by atoms with van der Waals surface area (Å²) in [6, 6.07) is 0.147. The average molecular weight is 306 g/mol. The Hall–Kier alpha value is -0.660. The third-order valence-corrected chi connectivity index (χ3v) is 4.15. The zero-order chi connectivity index (χ0) is 15.2. The normalized spacial score (nSPS) is 17.2. The molecular weight excluding hydrogens is 280 g/mol. The van der Waals surface area contributed by atoms with Crippen molar-refractivity contribution in [3.63, 3.8) is 0 Å². The smallest absolute Gasteiger partial charge is 0.323 e. The first-order valence-electron chi connectivity index (χ1n) is 7.10. The van der Waals surface area contributed by atoms with Gasteiger partial charge in [0.25, 0.3) is 0 Å². The van der Waals surface area contributed by atoms with Crippen LogP contribution in [0.15, 0.2) is 0 Å². The van der Waals surface area contributed by atoms with Crippen molar-refractivity contribution in [2.45, 2.75) is 38.3 Å². The van der Waals surface area contributed by atoms with E-state index in [1.165, 1.54) is 6.26 Å². The van der Waals surface area contributed by atoms with Gasteiger partial charge in [0, 0.05) is 18.8 Å². The van der Waals surface area contributed by atoms with Crippen molar-refractivity contribution >= 4 is 15.8 Å². The lowest BCUT2D eigenvalue weighted by Crippen LogP contribution is -2.42. The molecule has 1 aliphatic rings. The van der Waals surface area contributed by atoms with Crippen LogP contribution in [0, 0.1) is 0 Å². The monoisotopic (exact) mass is 306 g/mol. The van der Waals surface area contributed by atoms with Gasteiger partial charge in [0.05, 0.1) is 12.4 Å². The molecule has 0 radical (unpaired) electrons. The minimum Gasteiger partial charge on any atom is -0.465 e. The van der Waals surface area contributed by atoms with Crippen LogP contribution in [0.4, 0.5) is 0 Å². The number of carbonyl (C=O) groups is 1. The van der Waals surface area contributed by atoms with Crippen molar-refractivity contribution in [2.75, 3.05) is 38.8 Å². The summed E-state index contributed by atoms with van der Waals surface area (Å²) < 4.78 is 27.3. The third-order valence-electron chi connectivity index (χ3n) is 3.23. The fourth-order valence-corrected chi connectivity index (χ4v) is 2.47. The second-order valence-electron chi connectivity index (χ2n) is 5.47. The van der Waals surface area contributed by atoms with Crippen LogP contribution in [-0.4, -0.2) is 70.1 Å². The first kappa shape index (κ1) is 17.4. The summed E-state index contributed by atoms with van der Waals surface area (Å²) in [7, 11) is -1.08. The van der Waals surface area contributed by atoms with E-state index in [2.05, 4.69) is 5.32 Å². The van der Waals surface area contributed by atoms with Crippen molar-refractivity contribution in [3.05, 3.63) is 0 Å². The maximum Gasteiger partial charge on any atom is 0.323 e. The number of carbonyl (C=O) groups excluding carboxylic acids is 1. The van der Waals surface area contributed by atoms with E-state index in [-0.39, 0.29) is 17.8 Å². The molecule has 0 aromatic carbocycles. The fourth-order valence-electron chi connectivity index (χ4n) is 1.83. The number of rotatable bonds is 10. The standard InChI is InChI=1S/C13H26N2O4S/c1-4-19-13(16)12(14-11-5-6-11)7-8-15(2)9-10-20(3,17)18/h11-12,14H,4-10H2,1-3H3. The zero-order valence-corrected chi connectivity index (χ0v) is 13.4. The minimum atomic E-state index is -2.94. The van der Waals surface area contributed by atoms with Crippen molar-refractivity contribution in [3.8, 4) is 0 Å². The van der Waals surface area contributed by atoms with Gasteiger partial charge in [-0.2, -0.15) is 0 Å². The van der Waals surface area contributed by atoms with Crippen LogP contribution in [0.3, 0.4) is 0 Å². The Kier molecular flexibility index (Phi) is 6.91. The molecule has 1 N–H and O–H groups in total. The molecule has 0 amide bonds. The minimum absolute atomic E-state index is 0.142. The first-order chi connectivity index (χ1) is 9.31. The predicted molar refractivity (Wildman–Crippen MR) is 78.4 cm³/mol. The summed E-state index contributed by atoms with van der Waals surface area (Å²) in [6.45, 7) is 3.33. The Balaban J connectivity index is 2.34. The Labute approximate surface area is 121 Å². The maximum absolute atomic E-state index is 11.8. The number of hydrogen-bond donors (Lipinski definition) is 1. The van der Waals surface area contributed by atoms with Crippen LogP contribution < -0.4 is 5.32 Å². The largest absolute Gasteiger partial charge is 0.465 e. The molecule has 1 unspecified atom stereocenters. The Morgan fingerprint density at radius 1 is 1.40 bits per heavy atom. The Bertz CT molecular complexity index is 407. The molecule has 1 saturated carbocycles. The van der Waals surface area contributed by atoms with Gasteiger partial charge in [-0.3, -0.25) is 4.79 Å². The topological polar surface area (TPSA) is 75.7 Å². The molecule has 1 rings (SSSR count). The lowest BCUT2D eigenvalue weighted by molar-refractivity contribution is -0.146. The highest BCUT2D eigenvalue weighted by Crippen LogP contribution is 2.20. The molecule has 0 heterocycles. The molecule has 0 aromatic heterocycles. The summed E-state index contributed by atoms with van der Waals surface area (Å²) in [4.78, 5) is 13.8. The Morgan fingerprint density at radius 2 is 2.05 bits per heavy atom. The number of nitrogens with zero attached hydrogens (tertiary/aromatic N) is 1. The summed E-state index contributed by atoms with van der Waals surface area (Å²) in [5.41, 5.74) is 0. The van der Waals surface area contributed by atoms with E-state index in [0.717, 1.165) is 12.8 Å². The fraction of sp³-hybridized carbons (Fsp3) is 0.923. The van der Waals surface area contributed by atoms with Crippen molar-refractivity contribution < 1.29 is 17.9 Å². The maximum atomic E-state index is 11.8. The molecule has 1 aliphatic carbocycles. The number of nitrogens with one attached hydrogen (secondary N) is 1. The summed E-state index contributed by atoms with van der Waals surface area (Å²) >= 11 is 0. The van der Waals surface area contributed by atoms with E-state index in [0.29, 0.717) is 32.2 Å². The van der Waals surface area contributed by atoms with Gasteiger partial charge in [-0.1, -0.05) is 0 Å². The summed E-state index contributed by atoms with van der Waals surface area (Å²) in [5.74, 6) is -0.0696. The molecule has 20 heavy (non-hydrogen) atoms. The van der Waals surface area contributed by atoms with Crippen LogP contribution in [0.2, 0.25) is 0 Å². The van der Waals surface area contributed by atoms with Gasteiger partial charge in [-0.05, 0) is 39.8 Å². The molecule has 7 heteroatoms. The lowest BCUT2D eigenvalue weighted by Gasteiger charge is -2.21. The van der Waals surface area contributed by atoms with E-state index in [1.807, 2.05) is 11.9 Å². The quantitative estimate of drug-likeness (QED) is 0.574. The molecule has 0 saturated heterocycles. The number of ether oxygens (including phenoxy) is 1. The molecule has 0 bridgehead atoms. The molecule has 1 fully saturated rings. The van der Waals surface area contributed by atoms with E-state index in [1.54, 1.807) is 6.92 Å². The van der Waals surface area contributed by atoms with E-state index >= 15 is 0 Å². The van der Waals surface area contributed by atoms with Crippen LogP contribution in [0.1, 0.15) is 26.2 Å². The first-order valence-corrected chi connectivity index (χ1v) is 9.17. The molecular formula is C13H26N2O4S. The second kappa shape index (κ2) is 7.95. The zero-order valence-electron chi connectivity index (χ0n) is 12.6. The van der Waals surface area contributed by atoms with Gasteiger partial charge >= 0.3 is 5.97 Å². The van der Waals surface area contributed by atoms with Crippen molar-refractivity contribution in [1.82, 2.24) is 10.2 Å². The van der Waals surface area contributed by atoms with Gasteiger partial charge in [-0.25, -0.2) is 8.42 Å². The number of hydrogen-bond acceptors (Lipinski definition) is 6. The summed E-state index contributed by atoms with van der Waals surface area (Å²) in [6.07, 6.45) is 4.09. The third kappa shape index (κ3) is 7.81. The average Bonchev–Trinajstić information content (AvgIpc) is 3.15. The lowest BCUT2D eigenvalue weighted by atomic mass is 10.2. The van der Waals surface area contributed by atoms with Gasteiger partial charge in [0.15, 0.2) is 0 Å². The van der Waals surface area contributed by atoms with Crippen LogP contribution in [0.25, 0.3) is 0 Å². The summed E-state index contributed by atoms with van der Waals surface area (Å²) in [5, 5.41) is 3.28. The highest BCUT2D eigenvalue weighted by atomic mass is 32.2. The van der Waals surface area contributed by atoms with Gasteiger partial charge in [0.2, 0.25) is 0 Å². The van der Waals surface area contributed by atoms with Crippen LogP contribution in [0.5, 0.6) is 0 Å². The number of sulfone groups is 1. The van der Waals surface area contributed by atoms with Crippen molar-refractivity contribution in [1.29, 1.82) is 0 Å². The van der Waals surface area contributed by atoms with Crippen molar-refractivity contribution in [2.24, 2.45) is 0 Å². The van der Waals surface area contributed by atoms with E-state index in [9.17, 15) is 13.2 Å². The van der Waals surface area contributed by atoms with E-state index in [4.69, 9.17) is 4.74 Å². The van der Waals surface area contributed by atoms with Gasteiger partial charge in [0.1, 0.15) is 15.9 Å². The van der Waals surface area contributed by atoms with Crippen LogP contribution >= 0.6 is 0 Å². The highest BCUT2D eigenvalue weighted by molar-refractivity contribution is 7.90.